The number of hydrogen-bond acceptors (Lipinski definition) is 2. The lowest BCUT2D eigenvalue weighted by atomic mass is 9.88. The van der Waals surface area contributed by atoms with Crippen LogP contribution in [0.5, 0.6) is 0 Å². The summed E-state index contributed by atoms with van der Waals surface area (Å²) in [5.41, 5.74) is 4.13. The van der Waals surface area contributed by atoms with Crippen molar-refractivity contribution in [3.63, 3.8) is 0 Å². The van der Waals surface area contributed by atoms with Gasteiger partial charge in [0.2, 0.25) is 0 Å². The fourth-order valence-corrected chi connectivity index (χ4v) is 5.16. The summed E-state index contributed by atoms with van der Waals surface area (Å²) in [5, 5.41) is 4.59. The van der Waals surface area contributed by atoms with Gasteiger partial charge in [-0.3, -0.25) is 0 Å². The Hall–Kier alpha value is -1.51. The molecule has 1 N–H and O–H groups in total. The van der Waals surface area contributed by atoms with E-state index in [2.05, 4.69) is 66.5 Å². The summed E-state index contributed by atoms with van der Waals surface area (Å²) in [6, 6.07) is 18.5. The quantitative estimate of drug-likeness (QED) is 0.836. The number of fused-ring (bicyclic) bond motifs is 1. The summed E-state index contributed by atoms with van der Waals surface area (Å²) in [7, 11) is 0. The molecule has 2 aromatic rings. The van der Waals surface area contributed by atoms with Crippen molar-refractivity contribution < 1.29 is 0 Å². The highest BCUT2D eigenvalue weighted by molar-refractivity contribution is 6.30. The molecule has 0 bridgehead atoms. The second-order valence-electron chi connectivity index (χ2n) is 7.99. The molecule has 132 valence electrons. The lowest BCUT2D eigenvalue weighted by Crippen LogP contribution is -2.50. The first kappa shape index (κ1) is 16.9. The van der Waals surface area contributed by atoms with Crippen LogP contribution in [-0.2, 0) is 6.42 Å². The second-order valence-corrected chi connectivity index (χ2v) is 8.42. The molecule has 3 heteroatoms. The zero-order chi connectivity index (χ0) is 17.4. The highest BCUT2D eigenvalue weighted by atomic mass is 35.5. The van der Waals surface area contributed by atoms with Gasteiger partial charge in [-0.2, -0.15) is 0 Å². The van der Waals surface area contributed by atoms with Crippen LogP contribution >= 0.6 is 11.6 Å². The van der Waals surface area contributed by atoms with Crippen molar-refractivity contribution in [2.75, 3.05) is 11.4 Å². The Morgan fingerprint density at radius 2 is 2.04 bits per heavy atom. The van der Waals surface area contributed by atoms with Crippen LogP contribution in [-0.4, -0.2) is 24.2 Å². The standard InChI is InChI=1S/C22H27ClN2/c1-16-6-3-7-17(12-16)14-22(2)15-20-21(10-5-11-24-20)25(22)19-9-4-8-18(23)13-19/h3-4,6-9,12-13,20-21,24H,5,10-11,14-15H2,1-2H3/t20-,21-,22+/m0/s1. The van der Waals surface area contributed by atoms with Crippen LogP contribution in [0.3, 0.4) is 0 Å². The van der Waals surface area contributed by atoms with Crippen LogP contribution in [0.25, 0.3) is 0 Å². The number of anilines is 1. The van der Waals surface area contributed by atoms with Crippen molar-refractivity contribution in [1.82, 2.24) is 5.32 Å². The summed E-state index contributed by atoms with van der Waals surface area (Å²) in [6.45, 7) is 5.75. The van der Waals surface area contributed by atoms with E-state index in [4.69, 9.17) is 11.6 Å². The van der Waals surface area contributed by atoms with E-state index < -0.39 is 0 Å². The Morgan fingerprint density at radius 1 is 1.20 bits per heavy atom. The Bertz CT molecular complexity index is 759. The highest BCUT2D eigenvalue weighted by Gasteiger charge is 2.49. The van der Waals surface area contributed by atoms with Crippen LogP contribution in [0.1, 0.15) is 37.3 Å². The molecule has 2 heterocycles. The first-order chi connectivity index (χ1) is 12.0. The number of nitrogens with zero attached hydrogens (tertiary/aromatic N) is 1. The molecule has 2 aromatic carbocycles. The molecular weight excluding hydrogens is 328 g/mol. The normalized spacial score (nSPS) is 28.8. The van der Waals surface area contributed by atoms with Crippen molar-refractivity contribution in [3.05, 3.63) is 64.7 Å². The molecule has 4 rings (SSSR count). The van der Waals surface area contributed by atoms with Crippen LogP contribution in [0.4, 0.5) is 5.69 Å². The van der Waals surface area contributed by atoms with Crippen LogP contribution in [0.15, 0.2) is 48.5 Å². The van der Waals surface area contributed by atoms with Crippen molar-refractivity contribution in [3.8, 4) is 0 Å². The molecule has 0 amide bonds. The van der Waals surface area contributed by atoms with E-state index in [1.807, 2.05) is 6.07 Å². The number of piperidine rings is 1. The fraction of sp³-hybridized carbons (Fsp3) is 0.455. The smallest absolute Gasteiger partial charge is 0.0450 e. The molecule has 2 saturated heterocycles. The Labute approximate surface area is 156 Å². The molecule has 0 spiro atoms. The van der Waals surface area contributed by atoms with E-state index in [0.717, 1.165) is 18.0 Å². The van der Waals surface area contributed by atoms with E-state index in [0.29, 0.717) is 12.1 Å². The Morgan fingerprint density at radius 3 is 2.84 bits per heavy atom. The largest absolute Gasteiger partial charge is 0.361 e. The fourth-order valence-electron chi connectivity index (χ4n) is 4.97. The number of rotatable bonds is 3. The third-order valence-corrected chi connectivity index (χ3v) is 6.11. The van der Waals surface area contributed by atoms with Crippen LogP contribution in [0.2, 0.25) is 5.02 Å². The third-order valence-electron chi connectivity index (χ3n) is 5.87. The zero-order valence-electron chi connectivity index (χ0n) is 15.1. The first-order valence-electron chi connectivity index (χ1n) is 9.39. The number of hydrogen-bond donors (Lipinski definition) is 1. The SMILES string of the molecule is Cc1cccc(C[C@]2(C)C[C@@H]3NCCC[C@@H]3N2c2cccc(Cl)c2)c1. The Balaban J connectivity index is 1.72. The monoisotopic (exact) mass is 354 g/mol. The molecule has 0 aliphatic carbocycles. The maximum atomic E-state index is 6.33. The maximum absolute atomic E-state index is 6.33. The van der Waals surface area contributed by atoms with Gasteiger partial charge in [0.25, 0.3) is 0 Å². The summed E-state index contributed by atoms with van der Waals surface area (Å²) in [4.78, 5) is 2.66. The van der Waals surface area contributed by atoms with E-state index >= 15 is 0 Å². The molecule has 0 unspecified atom stereocenters. The maximum Gasteiger partial charge on any atom is 0.0450 e. The number of halogens is 1. The zero-order valence-corrected chi connectivity index (χ0v) is 15.9. The molecule has 0 aromatic heterocycles. The minimum Gasteiger partial charge on any atom is -0.361 e. The highest BCUT2D eigenvalue weighted by Crippen LogP contribution is 2.43. The molecule has 2 fully saturated rings. The summed E-state index contributed by atoms with van der Waals surface area (Å²) >= 11 is 6.33. The van der Waals surface area contributed by atoms with Crippen molar-refractivity contribution in [2.24, 2.45) is 0 Å². The van der Waals surface area contributed by atoms with Crippen LogP contribution in [0, 0.1) is 6.92 Å². The molecule has 0 radical (unpaired) electrons. The van der Waals surface area contributed by atoms with Gasteiger partial charge in [0, 0.05) is 28.3 Å². The van der Waals surface area contributed by atoms with E-state index in [1.165, 1.54) is 36.1 Å². The van der Waals surface area contributed by atoms with Gasteiger partial charge in [0.15, 0.2) is 0 Å². The van der Waals surface area contributed by atoms with Gasteiger partial charge in [-0.25, -0.2) is 0 Å². The van der Waals surface area contributed by atoms with E-state index in [-0.39, 0.29) is 5.54 Å². The molecule has 2 nitrogen and oxygen atoms in total. The van der Waals surface area contributed by atoms with Gasteiger partial charge >= 0.3 is 0 Å². The summed E-state index contributed by atoms with van der Waals surface area (Å²) < 4.78 is 0. The molecule has 2 aliphatic heterocycles. The topological polar surface area (TPSA) is 15.3 Å². The average molecular weight is 355 g/mol. The predicted octanol–water partition coefficient (Wildman–Crippen LogP) is 4.98. The van der Waals surface area contributed by atoms with Gasteiger partial charge in [-0.1, -0.05) is 47.5 Å². The molecule has 2 aliphatic rings. The van der Waals surface area contributed by atoms with Gasteiger partial charge in [-0.05, 0) is 69.8 Å². The average Bonchev–Trinajstić information content (AvgIpc) is 2.86. The first-order valence-corrected chi connectivity index (χ1v) is 9.77. The van der Waals surface area contributed by atoms with Crippen LogP contribution < -0.4 is 10.2 Å². The third kappa shape index (κ3) is 3.30. The molecule has 0 saturated carbocycles. The van der Waals surface area contributed by atoms with E-state index in [1.54, 1.807) is 0 Å². The molecular formula is C22H27ClN2. The van der Waals surface area contributed by atoms with Crippen molar-refractivity contribution in [1.29, 1.82) is 0 Å². The van der Waals surface area contributed by atoms with Gasteiger partial charge in [0.1, 0.15) is 0 Å². The van der Waals surface area contributed by atoms with E-state index in [9.17, 15) is 0 Å². The van der Waals surface area contributed by atoms with Crippen molar-refractivity contribution in [2.45, 2.75) is 57.2 Å². The minimum absolute atomic E-state index is 0.102. The number of nitrogens with one attached hydrogen (secondary N) is 1. The lowest BCUT2D eigenvalue weighted by Gasteiger charge is -2.42. The Kier molecular flexibility index (Phi) is 4.51. The molecule has 3 atom stereocenters. The summed E-state index contributed by atoms with van der Waals surface area (Å²) in [6.07, 6.45) is 4.75. The van der Waals surface area contributed by atoms with Gasteiger partial charge in [0.05, 0.1) is 0 Å². The van der Waals surface area contributed by atoms with Gasteiger partial charge < -0.3 is 10.2 Å². The van der Waals surface area contributed by atoms with Crippen molar-refractivity contribution >= 4 is 17.3 Å². The van der Waals surface area contributed by atoms with Gasteiger partial charge in [-0.15, -0.1) is 0 Å². The second kappa shape index (κ2) is 6.66. The lowest BCUT2D eigenvalue weighted by molar-refractivity contribution is 0.381. The number of aryl methyl sites for hydroxylation is 1. The minimum atomic E-state index is 0.102. The number of benzene rings is 2. The summed E-state index contributed by atoms with van der Waals surface area (Å²) in [5.74, 6) is 0. The predicted molar refractivity (Wildman–Crippen MR) is 107 cm³/mol. The molecule has 25 heavy (non-hydrogen) atoms.